The second-order valence-corrected chi connectivity index (χ2v) is 9.49. The standard InChI is InChI=1S/C27H32N2O6/c1-4-29(17(2)13-24(30)31)25(32)27(3)16-34-15-23(27)28-26(33)35-14-22-20-11-7-5-9-18(20)19-10-6-8-12-21(19)22/h5-12,17,22-23H,4,13-16H2,1-3H3,(H,28,33)(H,30,31). The average molecular weight is 481 g/mol. The zero-order chi connectivity index (χ0) is 25.2. The number of ether oxygens (including phenoxy) is 2. The Balaban J connectivity index is 1.43. The Morgan fingerprint density at radius 3 is 2.31 bits per heavy atom. The smallest absolute Gasteiger partial charge is 0.407 e. The van der Waals surface area contributed by atoms with Crippen LogP contribution in [0, 0.1) is 5.41 Å². The van der Waals surface area contributed by atoms with E-state index in [0.29, 0.717) is 6.54 Å². The molecule has 35 heavy (non-hydrogen) atoms. The molecule has 1 heterocycles. The van der Waals surface area contributed by atoms with E-state index < -0.39 is 29.6 Å². The molecule has 2 aliphatic rings. The van der Waals surface area contributed by atoms with Crippen LogP contribution in [0.1, 0.15) is 44.2 Å². The minimum absolute atomic E-state index is 0.0616. The number of amides is 2. The molecule has 3 unspecified atom stereocenters. The summed E-state index contributed by atoms with van der Waals surface area (Å²) < 4.78 is 11.2. The number of aliphatic carboxylic acids is 1. The lowest BCUT2D eigenvalue weighted by Crippen LogP contribution is -2.56. The molecule has 2 amide bonds. The summed E-state index contributed by atoms with van der Waals surface area (Å²) in [7, 11) is 0. The Morgan fingerprint density at radius 2 is 1.74 bits per heavy atom. The maximum atomic E-state index is 13.4. The van der Waals surface area contributed by atoms with Crippen LogP contribution < -0.4 is 5.32 Å². The van der Waals surface area contributed by atoms with E-state index in [-0.39, 0.29) is 38.1 Å². The van der Waals surface area contributed by atoms with Crippen molar-refractivity contribution in [2.75, 3.05) is 26.4 Å². The van der Waals surface area contributed by atoms with Crippen LogP contribution >= 0.6 is 0 Å². The summed E-state index contributed by atoms with van der Waals surface area (Å²) in [5.74, 6) is -1.27. The molecule has 1 saturated heterocycles. The molecule has 3 atom stereocenters. The third-order valence-corrected chi connectivity index (χ3v) is 7.18. The molecule has 8 nitrogen and oxygen atoms in total. The predicted octanol–water partition coefficient (Wildman–Crippen LogP) is 3.64. The third kappa shape index (κ3) is 4.75. The van der Waals surface area contributed by atoms with E-state index >= 15 is 0 Å². The van der Waals surface area contributed by atoms with E-state index in [4.69, 9.17) is 14.6 Å². The lowest BCUT2D eigenvalue weighted by atomic mass is 9.83. The zero-order valence-electron chi connectivity index (χ0n) is 20.3. The van der Waals surface area contributed by atoms with E-state index in [2.05, 4.69) is 29.6 Å². The minimum atomic E-state index is -1.02. The Hall–Kier alpha value is -3.39. The maximum absolute atomic E-state index is 13.4. The molecule has 2 aromatic rings. The van der Waals surface area contributed by atoms with Crippen LogP contribution in [0.5, 0.6) is 0 Å². The second kappa shape index (κ2) is 10.1. The predicted molar refractivity (Wildman–Crippen MR) is 130 cm³/mol. The number of hydrogen-bond acceptors (Lipinski definition) is 5. The fourth-order valence-electron chi connectivity index (χ4n) is 5.21. The lowest BCUT2D eigenvalue weighted by molar-refractivity contribution is -0.146. The third-order valence-electron chi connectivity index (χ3n) is 7.18. The van der Waals surface area contributed by atoms with Gasteiger partial charge in [0.05, 0.1) is 31.1 Å². The highest BCUT2D eigenvalue weighted by Gasteiger charge is 2.49. The molecule has 2 aromatic carbocycles. The van der Waals surface area contributed by atoms with Crippen LogP contribution in [-0.4, -0.2) is 66.4 Å². The molecule has 0 spiro atoms. The largest absolute Gasteiger partial charge is 0.481 e. The number of benzene rings is 2. The van der Waals surface area contributed by atoms with Gasteiger partial charge in [0.15, 0.2) is 0 Å². The van der Waals surface area contributed by atoms with Gasteiger partial charge in [-0.25, -0.2) is 4.79 Å². The number of nitrogens with zero attached hydrogens (tertiary/aromatic N) is 1. The summed E-state index contributed by atoms with van der Waals surface area (Å²) in [6.45, 7) is 6.11. The van der Waals surface area contributed by atoms with E-state index in [1.165, 1.54) is 4.90 Å². The number of alkyl carbamates (subject to hydrolysis) is 1. The highest BCUT2D eigenvalue weighted by Crippen LogP contribution is 2.44. The Bertz CT molecular complexity index is 1070. The normalized spacial score (nSPS) is 21.6. The molecule has 0 aromatic heterocycles. The van der Waals surface area contributed by atoms with Gasteiger partial charge in [0.2, 0.25) is 5.91 Å². The number of fused-ring (bicyclic) bond motifs is 3. The number of hydrogen-bond donors (Lipinski definition) is 2. The van der Waals surface area contributed by atoms with Crippen molar-refractivity contribution in [3.63, 3.8) is 0 Å². The van der Waals surface area contributed by atoms with E-state index in [1.54, 1.807) is 13.8 Å². The van der Waals surface area contributed by atoms with Crippen molar-refractivity contribution in [2.24, 2.45) is 5.41 Å². The molecule has 2 N–H and O–H groups in total. The highest BCUT2D eigenvalue weighted by molar-refractivity contribution is 5.85. The summed E-state index contributed by atoms with van der Waals surface area (Å²) in [5.41, 5.74) is 3.52. The summed E-state index contributed by atoms with van der Waals surface area (Å²) >= 11 is 0. The van der Waals surface area contributed by atoms with Gasteiger partial charge in [-0.15, -0.1) is 0 Å². The van der Waals surface area contributed by atoms with Gasteiger partial charge in [-0.1, -0.05) is 48.5 Å². The van der Waals surface area contributed by atoms with Crippen molar-refractivity contribution < 1.29 is 29.0 Å². The number of carboxylic acids is 1. The van der Waals surface area contributed by atoms with E-state index in [0.717, 1.165) is 22.3 Å². The van der Waals surface area contributed by atoms with Crippen molar-refractivity contribution in [3.05, 3.63) is 59.7 Å². The maximum Gasteiger partial charge on any atom is 0.407 e. The van der Waals surface area contributed by atoms with Crippen molar-refractivity contribution >= 4 is 18.0 Å². The second-order valence-electron chi connectivity index (χ2n) is 9.49. The topological polar surface area (TPSA) is 105 Å². The van der Waals surface area contributed by atoms with Crippen molar-refractivity contribution in [1.82, 2.24) is 10.2 Å². The van der Waals surface area contributed by atoms with Gasteiger partial charge < -0.3 is 24.8 Å². The number of nitrogens with one attached hydrogen (secondary N) is 1. The first kappa shape index (κ1) is 24.7. The summed E-state index contributed by atoms with van der Waals surface area (Å²) in [5, 5.41) is 12.0. The molecule has 0 bridgehead atoms. The zero-order valence-corrected chi connectivity index (χ0v) is 20.3. The van der Waals surface area contributed by atoms with Crippen LogP contribution in [0.2, 0.25) is 0 Å². The average Bonchev–Trinajstić information content (AvgIpc) is 3.36. The van der Waals surface area contributed by atoms with Gasteiger partial charge in [0.25, 0.3) is 0 Å². The molecule has 1 aliphatic carbocycles. The van der Waals surface area contributed by atoms with Crippen LogP contribution in [0.3, 0.4) is 0 Å². The Morgan fingerprint density at radius 1 is 1.14 bits per heavy atom. The molecule has 4 rings (SSSR count). The Labute approximate surface area is 205 Å². The highest BCUT2D eigenvalue weighted by atomic mass is 16.5. The van der Waals surface area contributed by atoms with Gasteiger partial charge >= 0.3 is 12.1 Å². The molecule has 1 aliphatic heterocycles. The van der Waals surface area contributed by atoms with Crippen LogP contribution in [-0.2, 0) is 19.1 Å². The van der Waals surface area contributed by atoms with Gasteiger partial charge in [0.1, 0.15) is 6.61 Å². The molecule has 8 heteroatoms. The molecule has 186 valence electrons. The van der Waals surface area contributed by atoms with Crippen molar-refractivity contribution in [3.8, 4) is 11.1 Å². The summed E-state index contributed by atoms with van der Waals surface area (Å²) in [4.78, 5) is 38.9. The van der Waals surface area contributed by atoms with Gasteiger partial charge in [-0.2, -0.15) is 0 Å². The van der Waals surface area contributed by atoms with Crippen LogP contribution in [0.4, 0.5) is 4.79 Å². The fraction of sp³-hybridized carbons (Fsp3) is 0.444. The summed E-state index contributed by atoms with van der Waals surface area (Å²) in [6, 6.07) is 15.2. The first-order chi connectivity index (χ1) is 16.8. The molecule has 1 fully saturated rings. The Kier molecular flexibility index (Phi) is 7.12. The SMILES string of the molecule is CCN(C(=O)C1(C)COCC1NC(=O)OCC1c2ccccc2-c2ccccc21)C(C)CC(=O)O. The van der Waals surface area contributed by atoms with Crippen molar-refractivity contribution in [2.45, 2.75) is 45.2 Å². The molecule has 0 radical (unpaired) electrons. The van der Waals surface area contributed by atoms with Crippen molar-refractivity contribution in [1.29, 1.82) is 0 Å². The quantitative estimate of drug-likeness (QED) is 0.598. The van der Waals surface area contributed by atoms with Crippen LogP contribution in [0.25, 0.3) is 11.1 Å². The van der Waals surface area contributed by atoms with E-state index in [1.807, 2.05) is 31.2 Å². The lowest BCUT2D eigenvalue weighted by Gasteiger charge is -2.37. The fourth-order valence-corrected chi connectivity index (χ4v) is 5.21. The summed E-state index contributed by atoms with van der Waals surface area (Å²) in [6.07, 6.45) is -0.760. The number of carbonyl (C=O) groups is 3. The van der Waals surface area contributed by atoms with Gasteiger partial charge in [0, 0.05) is 18.5 Å². The van der Waals surface area contributed by atoms with Gasteiger partial charge in [-0.3, -0.25) is 9.59 Å². The molecule has 0 saturated carbocycles. The van der Waals surface area contributed by atoms with Crippen LogP contribution in [0.15, 0.2) is 48.5 Å². The van der Waals surface area contributed by atoms with Gasteiger partial charge in [-0.05, 0) is 43.0 Å². The number of carboxylic acid groups (broad SMARTS) is 1. The minimum Gasteiger partial charge on any atom is -0.481 e. The molecular weight excluding hydrogens is 448 g/mol. The van der Waals surface area contributed by atoms with E-state index in [9.17, 15) is 14.4 Å². The monoisotopic (exact) mass is 480 g/mol. The number of rotatable bonds is 8. The molecular formula is C27H32N2O6. The number of carbonyl (C=O) groups excluding carboxylic acids is 2. The first-order valence-electron chi connectivity index (χ1n) is 12.0. The first-order valence-corrected chi connectivity index (χ1v) is 12.0.